The second-order valence-electron chi connectivity index (χ2n) is 4.02. The number of nitrogens with zero attached hydrogens (tertiary/aromatic N) is 3. The fourth-order valence-electron chi connectivity index (χ4n) is 1.55. The van der Waals surface area contributed by atoms with Gasteiger partial charge in [-0.2, -0.15) is 4.31 Å². The van der Waals surface area contributed by atoms with Crippen LogP contribution in [-0.2, 0) is 21.9 Å². The summed E-state index contributed by atoms with van der Waals surface area (Å²) in [6.07, 6.45) is 1.56. The van der Waals surface area contributed by atoms with Gasteiger partial charge < -0.3 is 9.67 Å². The van der Waals surface area contributed by atoms with Crippen molar-refractivity contribution >= 4 is 16.0 Å². The molecular weight excluding hydrogens is 258 g/mol. The molecule has 8 heteroatoms. The fraction of sp³-hybridized carbons (Fsp3) is 0.600. The van der Waals surface area contributed by atoms with E-state index in [1.807, 2.05) is 0 Å². The number of rotatable bonds is 5. The smallest absolute Gasteiger partial charge is 0.321 e. The lowest BCUT2D eigenvalue weighted by molar-refractivity contribution is -0.141. The second kappa shape index (κ2) is 5.07. The minimum absolute atomic E-state index is 0.135. The minimum Gasteiger partial charge on any atom is -0.480 e. The summed E-state index contributed by atoms with van der Waals surface area (Å²) >= 11 is 0. The van der Waals surface area contributed by atoms with Gasteiger partial charge in [0.15, 0.2) is 5.03 Å². The third-order valence-electron chi connectivity index (χ3n) is 2.84. The fourth-order valence-corrected chi connectivity index (χ4v) is 2.96. The summed E-state index contributed by atoms with van der Waals surface area (Å²) in [4.78, 5) is 14.9. The number of imidazole rings is 1. The van der Waals surface area contributed by atoms with Crippen LogP contribution in [0.1, 0.15) is 19.2 Å². The highest BCUT2D eigenvalue weighted by atomic mass is 32.2. The molecule has 0 aromatic carbocycles. The van der Waals surface area contributed by atoms with Crippen LogP contribution < -0.4 is 0 Å². The van der Waals surface area contributed by atoms with Crippen LogP contribution in [-0.4, -0.2) is 46.4 Å². The summed E-state index contributed by atoms with van der Waals surface area (Å²) in [6, 6.07) is -1.09. The summed E-state index contributed by atoms with van der Waals surface area (Å²) in [7, 11) is -0.948. The minimum atomic E-state index is -3.88. The molecule has 1 rings (SSSR count). The Morgan fingerprint density at radius 1 is 1.61 bits per heavy atom. The maximum absolute atomic E-state index is 12.2. The van der Waals surface area contributed by atoms with Crippen molar-refractivity contribution in [1.82, 2.24) is 13.9 Å². The molecule has 1 atom stereocenters. The Morgan fingerprint density at radius 3 is 2.50 bits per heavy atom. The average Bonchev–Trinajstić information content (AvgIpc) is 2.60. The second-order valence-corrected chi connectivity index (χ2v) is 5.97. The molecule has 0 fully saturated rings. The Kier molecular flexibility index (Phi) is 4.12. The van der Waals surface area contributed by atoms with Crippen molar-refractivity contribution in [3.63, 3.8) is 0 Å². The van der Waals surface area contributed by atoms with E-state index in [-0.39, 0.29) is 11.4 Å². The highest BCUT2D eigenvalue weighted by Gasteiger charge is 2.33. The van der Waals surface area contributed by atoms with Crippen molar-refractivity contribution in [3.8, 4) is 0 Å². The van der Waals surface area contributed by atoms with Gasteiger partial charge in [-0.05, 0) is 13.3 Å². The van der Waals surface area contributed by atoms with Gasteiger partial charge in [0, 0.05) is 20.3 Å². The van der Waals surface area contributed by atoms with E-state index in [2.05, 4.69) is 4.98 Å². The van der Waals surface area contributed by atoms with Gasteiger partial charge in [-0.1, -0.05) is 6.92 Å². The SMILES string of the molecule is CCC(C(=O)O)N(C)S(=O)(=O)c1cn(C)c(C)n1. The third-order valence-corrected chi connectivity index (χ3v) is 4.58. The number of carbonyl (C=O) groups is 1. The molecular formula is C10H17N3O4S. The predicted molar refractivity (Wildman–Crippen MR) is 64.6 cm³/mol. The molecule has 0 saturated carbocycles. The average molecular weight is 275 g/mol. The number of sulfonamides is 1. The van der Waals surface area contributed by atoms with E-state index < -0.39 is 22.0 Å². The zero-order valence-corrected chi connectivity index (χ0v) is 11.6. The van der Waals surface area contributed by atoms with Gasteiger partial charge in [-0.15, -0.1) is 0 Å². The van der Waals surface area contributed by atoms with E-state index in [9.17, 15) is 13.2 Å². The predicted octanol–water partition coefficient (Wildman–Crippen LogP) is 0.212. The number of aromatic nitrogens is 2. The highest BCUT2D eigenvalue weighted by molar-refractivity contribution is 7.89. The Morgan fingerprint density at radius 2 is 2.17 bits per heavy atom. The maximum atomic E-state index is 12.2. The Labute approximate surface area is 106 Å². The topological polar surface area (TPSA) is 92.5 Å². The number of aryl methyl sites for hydroxylation is 2. The van der Waals surface area contributed by atoms with E-state index in [0.717, 1.165) is 4.31 Å². The van der Waals surface area contributed by atoms with Crippen LogP contribution in [0, 0.1) is 6.92 Å². The van der Waals surface area contributed by atoms with Gasteiger partial charge in [0.25, 0.3) is 10.0 Å². The zero-order chi connectivity index (χ0) is 14.1. The van der Waals surface area contributed by atoms with Crippen LogP contribution in [0.25, 0.3) is 0 Å². The molecule has 0 aliphatic heterocycles. The number of hydrogen-bond donors (Lipinski definition) is 1. The van der Waals surface area contributed by atoms with Crippen LogP contribution in [0.2, 0.25) is 0 Å². The first-order valence-corrected chi connectivity index (χ1v) is 6.86. The van der Waals surface area contributed by atoms with Crippen molar-refractivity contribution < 1.29 is 18.3 Å². The number of likely N-dealkylation sites (N-methyl/N-ethyl adjacent to an activating group) is 1. The van der Waals surface area contributed by atoms with Crippen molar-refractivity contribution in [3.05, 3.63) is 12.0 Å². The van der Waals surface area contributed by atoms with Gasteiger partial charge in [0.05, 0.1) is 0 Å². The summed E-state index contributed by atoms with van der Waals surface area (Å²) in [6.45, 7) is 3.29. The molecule has 0 aliphatic rings. The molecule has 0 saturated heterocycles. The molecule has 0 radical (unpaired) electrons. The Balaban J connectivity index is 3.17. The molecule has 0 spiro atoms. The first-order chi connectivity index (χ1) is 8.21. The van der Waals surface area contributed by atoms with E-state index >= 15 is 0 Å². The van der Waals surface area contributed by atoms with Gasteiger partial charge in [0.1, 0.15) is 11.9 Å². The first-order valence-electron chi connectivity index (χ1n) is 5.42. The number of hydrogen-bond acceptors (Lipinski definition) is 4. The number of carboxylic acids is 1. The summed E-state index contributed by atoms with van der Waals surface area (Å²) in [5, 5.41) is 8.85. The lowest BCUT2D eigenvalue weighted by atomic mass is 10.2. The van der Waals surface area contributed by atoms with Crippen LogP contribution in [0.3, 0.4) is 0 Å². The lowest BCUT2D eigenvalue weighted by Gasteiger charge is -2.21. The molecule has 1 heterocycles. The number of carboxylic acid groups (broad SMARTS) is 1. The van der Waals surface area contributed by atoms with Gasteiger partial charge >= 0.3 is 5.97 Å². The Hall–Kier alpha value is -1.41. The normalized spacial score (nSPS) is 13.8. The van der Waals surface area contributed by atoms with Crippen molar-refractivity contribution in [2.24, 2.45) is 7.05 Å². The van der Waals surface area contributed by atoms with Crippen LogP contribution >= 0.6 is 0 Å². The van der Waals surface area contributed by atoms with Crippen molar-refractivity contribution in [2.75, 3.05) is 7.05 Å². The first kappa shape index (κ1) is 14.7. The molecule has 102 valence electrons. The molecule has 1 unspecified atom stereocenters. The van der Waals surface area contributed by atoms with Crippen LogP contribution in [0.4, 0.5) is 0 Å². The molecule has 7 nitrogen and oxygen atoms in total. The third kappa shape index (κ3) is 2.54. The molecule has 18 heavy (non-hydrogen) atoms. The molecule has 0 bridgehead atoms. The van der Waals surface area contributed by atoms with Crippen LogP contribution in [0.5, 0.6) is 0 Å². The molecule has 0 amide bonds. The molecule has 1 aromatic heterocycles. The molecule has 1 aromatic rings. The lowest BCUT2D eigenvalue weighted by Crippen LogP contribution is -2.42. The standard InChI is InChI=1S/C10H17N3O4S/c1-5-8(10(14)15)13(4)18(16,17)9-6-12(3)7(2)11-9/h6,8H,5H2,1-4H3,(H,14,15). The summed E-state index contributed by atoms with van der Waals surface area (Å²) in [5.74, 6) is -0.624. The largest absolute Gasteiger partial charge is 0.480 e. The van der Waals surface area contributed by atoms with E-state index in [0.29, 0.717) is 5.82 Å². The van der Waals surface area contributed by atoms with Crippen LogP contribution in [0.15, 0.2) is 11.2 Å². The number of aliphatic carboxylic acids is 1. The van der Waals surface area contributed by atoms with E-state index in [1.54, 1.807) is 25.5 Å². The zero-order valence-electron chi connectivity index (χ0n) is 10.8. The van der Waals surface area contributed by atoms with Gasteiger partial charge in [-0.3, -0.25) is 4.79 Å². The highest BCUT2D eigenvalue weighted by Crippen LogP contribution is 2.17. The van der Waals surface area contributed by atoms with Gasteiger partial charge in [0.2, 0.25) is 0 Å². The van der Waals surface area contributed by atoms with E-state index in [1.165, 1.54) is 13.2 Å². The quantitative estimate of drug-likeness (QED) is 0.829. The summed E-state index contributed by atoms with van der Waals surface area (Å²) < 4.78 is 26.8. The van der Waals surface area contributed by atoms with Gasteiger partial charge in [-0.25, -0.2) is 13.4 Å². The molecule has 1 N–H and O–H groups in total. The van der Waals surface area contributed by atoms with E-state index in [4.69, 9.17) is 5.11 Å². The summed E-state index contributed by atoms with van der Waals surface area (Å²) in [5.41, 5.74) is 0. The maximum Gasteiger partial charge on any atom is 0.321 e. The van der Waals surface area contributed by atoms with Crippen molar-refractivity contribution in [1.29, 1.82) is 0 Å². The Bertz CT molecular complexity index is 530. The monoisotopic (exact) mass is 275 g/mol. The molecule has 0 aliphatic carbocycles. The van der Waals surface area contributed by atoms with Crippen molar-refractivity contribution in [2.45, 2.75) is 31.3 Å².